The van der Waals surface area contributed by atoms with E-state index < -0.39 is 5.97 Å². The van der Waals surface area contributed by atoms with E-state index in [0.717, 1.165) is 12.8 Å². The molecule has 0 saturated heterocycles. The Morgan fingerprint density at radius 2 is 2.18 bits per heavy atom. The summed E-state index contributed by atoms with van der Waals surface area (Å²) in [5, 5.41) is 9.03. The second-order valence-electron chi connectivity index (χ2n) is 5.98. The third kappa shape index (κ3) is 2.51. The van der Waals surface area contributed by atoms with Crippen LogP contribution in [0.5, 0.6) is 0 Å². The van der Waals surface area contributed by atoms with E-state index in [2.05, 4.69) is 32.9 Å². The first-order chi connectivity index (χ1) is 7.89. The predicted molar refractivity (Wildman–Crippen MR) is 68.3 cm³/mol. The molecule has 2 nitrogen and oxygen atoms in total. The molecule has 0 saturated carbocycles. The van der Waals surface area contributed by atoms with Crippen LogP contribution in [0, 0.1) is 12.3 Å². The van der Waals surface area contributed by atoms with Crippen LogP contribution in [0.4, 0.5) is 0 Å². The number of aryl methyl sites for hydroxylation is 1. The molecule has 1 unspecified atom stereocenters. The summed E-state index contributed by atoms with van der Waals surface area (Å²) in [5.41, 5.74) is 4.13. The normalized spacial score (nSPS) is 21.9. The number of benzene rings is 1. The number of aliphatic carboxylic acids is 1. The van der Waals surface area contributed by atoms with Crippen molar-refractivity contribution in [1.82, 2.24) is 0 Å². The van der Waals surface area contributed by atoms with Gasteiger partial charge in [-0.2, -0.15) is 0 Å². The highest BCUT2D eigenvalue weighted by Crippen LogP contribution is 2.44. The smallest absolute Gasteiger partial charge is 0.303 e. The fourth-order valence-corrected chi connectivity index (χ4v) is 3.07. The first-order valence-electron chi connectivity index (χ1n) is 6.19. The highest BCUT2D eigenvalue weighted by atomic mass is 16.4. The van der Waals surface area contributed by atoms with E-state index >= 15 is 0 Å². The minimum atomic E-state index is -0.694. The molecular formula is C15H20O2. The van der Waals surface area contributed by atoms with E-state index in [9.17, 15) is 4.79 Å². The van der Waals surface area contributed by atoms with Crippen LogP contribution < -0.4 is 0 Å². The molecule has 1 aliphatic carbocycles. The van der Waals surface area contributed by atoms with Crippen molar-refractivity contribution in [3.63, 3.8) is 0 Å². The van der Waals surface area contributed by atoms with Gasteiger partial charge in [-0.05, 0) is 47.8 Å². The molecule has 1 aliphatic rings. The van der Waals surface area contributed by atoms with Gasteiger partial charge in [0, 0.05) is 0 Å². The van der Waals surface area contributed by atoms with Gasteiger partial charge in [-0.25, -0.2) is 0 Å². The number of carbonyl (C=O) groups is 1. The molecule has 0 bridgehead atoms. The molecular weight excluding hydrogens is 212 g/mol. The molecule has 1 aromatic rings. The topological polar surface area (TPSA) is 37.3 Å². The first kappa shape index (κ1) is 12.2. The van der Waals surface area contributed by atoms with Gasteiger partial charge in [0.05, 0.1) is 6.42 Å². The average Bonchev–Trinajstić information content (AvgIpc) is 2.17. The van der Waals surface area contributed by atoms with Crippen LogP contribution in [0.15, 0.2) is 18.2 Å². The molecule has 0 aliphatic heterocycles. The van der Waals surface area contributed by atoms with Crippen LogP contribution >= 0.6 is 0 Å². The Labute approximate surface area is 103 Å². The molecule has 0 spiro atoms. The first-order valence-corrected chi connectivity index (χ1v) is 6.19. The highest BCUT2D eigenvalue weighted by molar-refractivity contribution is 5.68. The van der Waals surface area contributed by atoms with E-state index in [4.69, 9.17) is 5.11 Å². The van der Waals surface area contributed by atoms with E-state index in [-0.39, 0.29) is 17.8 Å². The minimum absolute atomic E-state index is 0.172. The second kappa shape index (κ2) is 4.17. The number of hydrogen-bond donors (Lipinski definition) is 1. The SMILES string of the molecule is Cc1cccc2c1CC(C)(C)CC2CC(=O)O. The number of fused-ring (bicyclic) bond motifs is 1. The van der Waals surface area contributed by atoms with Gasteiger partial charge in [-0.15, -0.1) is 0 Å². The summed E-state index contributed by atoms with van der Waals surface area (Å²) in [6.45, 7) is 6.59. The summed E-state index contributed by atoms with van der Waals surface area (Å²) in [6, 6.07) is 6.27. The molecule has 17 heavy (non-hydrogen) atoms. The Balaban J connectivity index is 2.43. The molecule has 0 amide bonds. The summed E-state index contributed by atoms with van der Waals surface area (Å²) in [4.78, 5) is 11.0. The molecule has 0 aromatic heterocycles. The van der Waals surface area contributed by atoms with Gasteiger partial charge in [0.15, 0.2) is 0 Å². The quantitative estimate of drug-likeness (QED) is 0.847. The highest BCUT2D eigenvalue weighted by Gasteiger charge is 2.33. The summed E-state index contributed by atoms with van der Waals surface area (Å²) in [6.07, 6.45) is 2.28. The van der Waals surface area contributed by atoms with Crippen molar-refractivity contribution in [3.05, 3.63) is 34.9 Å². The van der Waals surface area contributed by atoms with Crippen LogP contribution in [-0.4, -0.2) is 11.1 Å². The molecule has 2 heteroatoms. The number of rotatable bonds is 2. The lowest BCUT2D eigenvalue weighted by molar-refractivity contribution is -0.137. The Morgan fingerprint density at radius 1 is 1.47 bits per heavy atom. The van der Waals surface area contributed by atoms with Gasteiger partial charge in [0.25, 0.3) is 0 Å². The van der Waals surface area contributed by atoms with Crippen LogP contribution in [0.2, 0.25) is 0 Å². The monoisotopic (exact) mass is 232 g/mol. The van der Waals surface area contributed by atoms with E-state index in [1.165, 1.54) is 16.7 Å². The number of carboxylic acid groups (broad SMARTS) is 1. The fraction of sp³-hybridized carbons (Fsp3) is 0.533. The van der Waals surface area contributed by atoms with Crippen molar-refractivity contribution in [2.75, 3.05) is 0 Å². The van der Waals surface area contributed by atoms with Gasteiger partial charge in [0.2, 0.25) is 0 Å². The Kier molecular flexibility index (Phi) is 2.98. The third-order valence-corrected chi connectivity index (χ3v) is 3.76. The van der Waals surface area contributed by atoms with E-state index in [1.54, 1.807) is 0 Å². The van der Waals surface area contributed by atoms with Gasteiger partial charge in [0.1, 0.15) is 0 Å². The van der Waals surface area contributed by atoms with Crippen molar-refractivity contribution in [2.24, 2.45) is 5.41 Å². The molecule has 0 heterocycles. The Hall–Kier alpha value is -1.31. The maximum absolute atomic E-state index is 11.0. The van der Waals surface area contributed by atoms with E-state index in [0.29, 0.717) is 0 Å². The zero-order valence-electron chi connectivity index (χ0n) is 10.8. The average molecular weight is 232 g/mol. The van der Waals surface area contributed by atoms with Crippen molar-refractivity contribution in [1.29, 1.82) is 0 Å². The Bertz CT molecular complexity index is 446. The molecule has 0 fully saturated rings. The van der Waals surface area contributed by atoms with Crippen molar-refractivity contribution in [3.8, 4) is 0 Å². The Morgan fingerprint density at radius 3 is 2.82 bits per heavy atom. The lowest BCUT2D eigenvalue weighted by atomic mass is 9.67. The van der Waals surface area contributed by atoms with Crippen LogP contribution in [0.25, 0.3) is 0 Å². The summed E-state index contributed by atoms with van der Waals surface area (Å²) < 4.78 is 0. The van der Waals surface area contributed by atoms with Crippen LogP contribution in [0.3, 0.4) is 0 Å². The van der Waals surface area contributed by atoms with Gasteiger partial charge >= 0.3 is 5.97 Å². The van der Waals surface area contributed by atoms with Crippen molar-refractivity contribution in [2.45, 2.75) is 46.0 Å². The van der Waals surface area contributed by atoms with Crippen molar-refractivity contribution < 1.29 is 9.90 Å². The molecule has 1 atom stereocenters. The molecule has 1 aromatic carbocycles. The van der Waals surface area contributed by atoms with Gasteiger partial charge in [-0.3, -0.25) is 4.79 Å². The zero-order chi connectivity index (χ0) is 12.6. The lowest BCUT2D eigenvalue weighted by Crippen LogP contribution is -2.27. The van der Waals surface area contributed by atoms with Crippen molar-refractivity contribution >= 4 is 5.97 Å². The fourth-order valence-electron chi connectivity index (χ4n) is 3.07. The zero-order valence-corrected chi connectivity index (χ0v) is 10.8. The summed E-state index contributed by atoms with van der Waals surface area (Å²) >= 11 is 0. The molecule has 1 N–H and O–H groups in total. The summed E-state index contributed by atoms with van der Waals surface area (Å²) in [5.74, 6) is -0.522. The number of hydrogen-bond acceptors (Lipinski definition) is 1. The van der Waals surface area contributed by atoms with Crippen LogP contribution in [0.1, 0.15) is 49.3 Å². The largest absolute Gasteiger partial charge is 0.481 e. The van der Waals surface area contributed by atoms with Crippen LogP contribution in [-0.2, 0) is 11.2 Å². The third-order valence-electron chi connectivity index (χ3n) is 3.76. The maximum atomic E-state index is 11.0. The standard InChI is InChI=1S/C15H20O2/c1-10-5-4-6-12-11(7-14(16)17)8-15(2,3)9-13(10)12/h4-6,11H,7-9H2,1-3H3,(H,16,17). The maximum Gasteiger partial charge on any atom is 0.303 e. The molecule has 2 rings (SSSR count). The van der Waals surface area contributed by atoms with Gasteiger partial charge < -0.3 is 5.11 Å². The lowest BCUT2D eigenvalue weighted by Gasteiger charge is -2.37. The second-order valence-corrected chi connectivity index (χ2v) is 5.98. The number of carboxylic acids is 1. The van der Waals surface area contributed by atoms with Gasteiger partial charge in [-0.1, -0.05) is 32.0 Å². The summed E-state index contributed by atoms with van der Waals surface area (Å²) in [7, 11) is 0. The minimum Gasteiger partial charge on any atom is -0.481 e. The molecule has 0 radical (unpaired) electrons. The molecule has 92 valence electrons. The predicted octanol–water partition coefficient (Wildman–Crippen LogP) is 3.53. The van der Waals surface area contributed by atoms with E-state index in [1.807, 2.05) is 6.07 Å².